The van der Waals surface area contributed by atoms with Crippen LogP contribution in [0.2, 0.25) is 0 Å². The molecule has 0 saturated carbocycles. The maximum atomic E-state index is 7.18. The molecule has 1 rings (SSSR count). The Labute approximate surface area is 97.1 Å². The minimum Gasteiger partial charge on any atom is -0.490 e. The molecular weight excluding hydrogens is 200 g/mol. The van der Waals surface area contributed by atoms with Gasteiger partial charge in [-0.2, -0.15) is 0 Å². The molecule has 0 aliphatic rings. The Morgan fingerprint density at radius 1 is 1.25 bits per heavy atom. The minimum absolute atomic E-state index is 0.0533. The predicted octanol–water partition coefficient (Wildman–Crippen LogP) is 2.90. The molecule has 1 aromatic carbocycles. The first kappa shape index (κ1) is 12.6. The molecule has 0 aliphatic heterocycles. The van der Waals surface area contributed by atoms with Gasteiger partial charge in [0, 0.05) is 6.42 Å². The molecule has 1 unspecified atom stereocenters. The van der Waals surface area contributed by atoms with Crippen LogP contribution in [-0.4, -0.2) is 11.9 Å². The van der Waals surface area contributed by atoms with E-state index in [1.54, 1.807) is 0 Å². The lowest BCUT2D eigenvalue weighted by Gasteiger charge is -2.14. The van der Waals surface area contributed by atoms with Crippen molar-refractivity contribution in [1.29, 1.82) is 5.41 Å². The third-order valence-corrected chi connectivity index (χ3v) is 2.39. The third kappa shape index (κ3) is 3.93. The molecule has 3 nitrogen and oxygen atoms in total. The lowest BCUT2D eigenvalue weighted by molar-refractivity contribution is 0.229. The first-order chi connectivity index (χ1) is 7.49. The fourth-order valence-corrected chi connectivity index (χ4v) is 1.51. The first-order valence-electron chi connectivity index (χ1n) is 5.58. The minimum atomic E-state index is -0.0533. The van der Waals surface area contributed by atoms with E-state index in [9.17, 15) is 0 Å². The van der Waals surface area contributed by atoms with Gasteiger partial charge in [0.15, 0.2) is 0 Å². The van der Waals surface area contributed by atoms with Crippen molar-refractivity contribution < 1.29 is 4.74 Å². The topological polar surface area (TPSA) is 59.1 Å². The highest BCUT2D eigenvalue weighted by atomic mass is 16.5. The second-order valence-corrected chi connectivity index (χ2v) is 4.38. The van der Waals surface area contributed by atoms with Crippen molar-refractivity contribution in [2.24, 2.45) is 5.73 Å². The Morgan fingerprint density at radius 2 is 1.81 bits per heavy atom. The van der Waals surface area contributed by atoms with Crippen molar-refractivity contribution in [1.82, 2.24) is 0 Å². The summed E-state index contributed by atoms with van der Waals surface area (Å²) in [5.74, 6) is 1.52. The van der Waals surface area contributed by atoms with E-state index in [1.807, 2.05) is 19.1 Å². The molecule has 3 heteroatoms. The molecule has 0 aliphatic carbocycles. The summed E-state index contributed by atoms with van der Waals surface area (Å²) in [6.45, 7) is 6.24. The highest BCUT2D eigenvalue weighted by Gasteiger charge is 2.06. The average Bonchev–Trinajstić information content (AvgIpc) is 2.16. The lowest BCUT2D eigenvalue weighted by atomic mass is 10.0. The Balaban J connectivity index is 2.58. The molecule has 0 amide bonds. The van der Waals surface area contributed by atoms with Crippen LogP contribution in [0, 0.1) is 5.41 Å². The average molecular weight is 220 g/mol. The highest BCUT2D eigenvalue weighted by molar-refractivity contribution is 5.77. The largest absolute Gasteiger partial charge is 0.490 e. The zero-order valence-electron chi connectivity index (χ0n) is 10.2. The molecule has 0 heterocycles. The van der Waals surface area contributed by atoms with E-state index in [0.717, 1.165) is 5.75 Å². The molecule has 16 heavy (non-hydrogen) atoms. The second-order valence-electron chi connectivity index (χ2n) is 4.38. The van der Waals surface area contributed by atoms with E-state index in [-0.39, 0.29) is 11.9 Å². The zero-order valence-corrected chi connectivity index (χ0v) is 10.2. The second kappa shape index (κ2) is 5.54. The zero-order chi connectivity index (χ0) is 12.1. The number of nitrogens with one attached hydrogen (secondary N) is 1. The van der Waals surface area contributed by atoms with Crippen LogP contribution in [0.5, 0.6) is 5.75 Å². The fourth-order valence-electron chi connectivity index (χ4n) is 1.51. The van der Waals surface area contributed by atoms with Crippen LogP contribution in [0.1, 0.15) is 38.7 Å². The van der Waals surface area contributed by atoms with Gasteiger partial charge in [0.2, 0.25) is 0 Å². The molecule has 88 valence electrons. The van der Waals surface area contributed by atoms with Crippen LogP contribution in [0.3, 0.4) is 0 Å². The summed E-state index contributed by atoms with van der Waals surface area (Å²) in [5, 5.41) is 7.18. The monoisotopic (exact) mass is 220 g/mol. The van der Waals surface area contributed by atoms with Crippen molar-refractivity contribution >= 4 is 5.84 Å². The molecule has 1 aromatic rings. The van der Waals surface area contributed by atoms with E-state index >= 15 is 0 Å². The van der Waals surface area contributed by atoms with Crippen LogP contribution in [0.25, 0.3) is 0 Å². The Morgan fingerprint density at radius 3 is 2.25 bits per heavy atom. The van der Waals surface area contributed by atoms with Gasteiger partial charge in [-0.1, -0.05) is 26.0 Å². The van der Waals surface area contributed by atoms with Gasteiger partial charge in [-0.15, -0.1) is 0 Å². The fraction of sp³-hybridized carbons (Fsp3) is 0.462. The van der Waals surface area contributed by atoms with Crippen molar-refractivity contribution in [3.8, 4) is 5.75 Å². The quantitative estimate of drug-likeness (QED) is 0.592. The molecule has 0 fully saturated rings. The molecular formula is C13H20N2O. The van der Waals surface area contributed by atoms with Crippen LogP contribution in [-0.2, 0) is 0 Å². The summed E-state index contributed by atoms with van der Waals surface area (Å²) >= 11 is 0. The van der Waals surface area contributed by atoms with Gasteiger partial charge in [0.1, 0.15) is 11.9 Å². The van der Waals surface area contributed by atoms with Crippen LogP contribution in [0.4, 0.5) is 0 Å². The molecule has 0 aromatic heterocycles. The van der Waals surface area contributed by atoms with Crippen molar-refractivity contribution in [3.63, 3.8) is 0 Å². The summed E-state index contributed by atoms with van der Waals surface area (Å²) in [6, 6.07) is 8.07. The van der Waals surface area contributed by atoms with Crippen molar-refractivity contribution in [2.45, 2.75) is 39.2 Å². The number of hydrogen-bond acceptors (Lipinski definition) is 2. The van der Waals surface area contributed by atoms with Gasteiger partial charge < -0.3 is 10.5 Å². The van der Waals surface area contributed by atoms with Gasteiger partial charge in [-0.25, -0.2) is 0 Å². The molecule has 0 bridgehead atoms. The third-order valence-electron chi connectivity index (χ3n) is 2.39. The summed E-state index contributed by atoms with van der Waals surface area (Å²) in [7, 11) is 0. The summed E-state index contributed by atoms with van der Waals surface area (Å²) in [6.07, 6.45) is 0.411. The standard InChI is InChI=1S/C13H20N2O/c1-9(2)11-4-6-12(7-5-11)16-10(3)8-13(14)15/h4-7,9-10H,8H2,1-3H3,(H3,14,15). The molecule has 0 spiro atoms. The number of nitrogens with two attached hydrogens (primary N) is 1. The summed E-state index contributed by atoms with van der Waals surface area (Å²) in [4.78, 5) is 0. The smallest absolute Gasteiger partial charge is 0.119 e. The van der Waals surface area contributed by atoms with Gasteiger partial charge in [-0.3, -0.25) is 5.41 Å². The maximum Gasteiger partial charge on any atom is 0.119 e. The molecule has 0 saturated heterocycles. The molecule has 0 radical (unpaired) electrons. The van der Waals surface area contributed by atoms with E-state index < -0.39 is 0 Å². The summed E-state index contributed by atoms with van der Waals surface area (Å²) in [5.41, 5.74) is 6.61. The van der Waals surface area contributed by atoms with E-state index in [2.05, 4.69) is 26.0 Å². The molecule has 3 N–H and O–H groups in total. The Hall–Kier alpha value is -1.51. The van der Waals surface area contributed by atoms with Gasteiger partial charge in [-0.05, 0) is 30.5 Å². The lowest BCUT2D eigenvalue weighted by Crippen LogP contribution is -2.21. The van der Waals surface area contributed by atoms with E-state index in [0.29, 0.717) is 12.3 Å². The van der Waals surface area contributed by atoms with E-state index in [1.165, 1.54) is 5.56 Å². The number of ether oxygens (including phenoxy) is 1. The number of benzene rings is 1. The maximum absolute atomic E-state index is 7.18. The molecule has 1 atom stereocenters. The first-order valence-corrected chi connectivity index (χ1v) is 5.58. The SMILES string of the molecule is CC(CC(=N)N)Oc1ccc(C(C)C)cc1. The van der Waals surface area contributed by atoms with Crippen molar-refractivity contribution in [2.75, 3.05) is 0 Å². The van der Waals surface area contributed by atoms with Crippen LogP contribution >= 0.6 is 0 Å². The Kier molecular flexibility index (Phi) is 4.35. The van der Waals surface area contributed by atoms with E-state index in [4.69, 9.17) is 15.9 Å². The summed E-state index contributed by atoms with van der Waals surface area (Å²) < 4.78 is 5.64. The number of rotatable bonds is 5. The predicted molar refractivity (Wildman–Crippen MR) is 67.2 cm³/mol. The van der Waals surface area contributed by atoms with Crippen LogP contribution in [0.15, 0.2) is 24.3 Å². The Bertz CT molecular complexity index is 343. The normalized spacial score (nSPS) is 12.5. The van der Waals surface area contributed by atoms with Crippen molar-refractivity contribution in [3.05, 3.63) is 29.8 Å². The van der Waals surface area contributed by atoms with Gasteiger partial charge in [0.25, 0.3) is 0 Å². The number of hydrogen-bond donors (Lipinski definition) is 2. The number of amidine groups is 1. The van der Waals surface area contributed by atoms with Crippen LogP contribution < -0.4 is 10.5 Å². The highest BCUT2D eigenvalue weighted by Crippen LogP contribution is 2.19. The van der Waals surface area contributed by atoms with Gasteiger partial charge in [0.05, 0.1) is 5.84 Å². The van der Waals surface area contributed by atoms with Gasteiger partial charge >= 0.3 is 0 Å².